The number of anilines is 1. The van der Waals surface area contributed by atoms with Crippen molar-refractivity contribution in [1.29, 1.82) is 0 Å². The number of hydrogen-bond acceptors (Lipinski definition) is 4. The molecule has 1 fully saturated rings. The molecular weight excluding hydrogens is 276 g/mol. The molecule has 0 spiro atoms. The van der Waals surface area contributed by atoms with Crippen LogP contribution in [0.3, 0.4) is 0 Å². The number of fused-ring (bicyclic) bond motifs is 1. The zero-order valence-electron chi connectivity index (χ0n) is 11.4. The van der Waals surface area contributed by atoms with Crippen molar-refractivity contribution in [1.82, 2.24) is 4.90 Å². The summed E-state index contributed by atoms with van der Waals surface area (Å²) in [6.45, 7) is 2.10. The smallest absolute Gasteiger partial charge is 0.245 e. The molecule has 3 rings (SSSR count). The number of benzene rings is 1. The van der Waals surface area contributed by atoms with Crippen LogP contribution in [0.15, 0.2) is 24.3 Å². The summed E-state index contributed by atoms with van der Waals surface area (Å²) >= 11 is 0. The molecule has 0 aromatic heterocycles. The van der Waals surface area contributed by atoms with Gasteiger partial charge in [-0.1, -0.05) is 18.2 Å². The van der Waals surface area contributed by atoms with E-state index >= 15 is 0 Å². The predicted octanol–water partition coefficient (Wildman–Crippen LogP) is 0.669. The van der Waals surface area contributed by atoms with Crippen molar-refractivity contribution in [2.75, 3.05) is 23.4 Å². The monoisotopic (exact) mass is 294 g/mol. The summed E-state index contributed by atoms with van der Waals surface area (Å²) in [7, 11) is -2.99. The molecule has 0 radical (unpaired) electrons. The first-order valence-electron chi connectivity index (χ1n) is 6.81. The van der Waals surface area contributed by atoms with Gasteiger partial charge in [0, 0.05) is 24.7 Å². The second kappa shape index (κ2) is 4.77. The molecule has 20 heavy (non-hydrogen) atoms. The Balaban J connectivity index is 1.72. The SMILES string of the molecule is CC1CS(=O)(=O)CCN1C(=O)[C@@H]1Cc2ccccc2N1. The zero-order chi connectivity index (χ0) is 14.3. The average Bonchev–Trinajstić information content (AvgIpc) is 2.80. The van der Waals surface area contributed by atoms with E-state index in [1.165, 1.54) is 0 Å². The third-order valence-corrected chi connectivity index (χ3v) is 5.82. The number of hydrogen-bond donors (Lipinski definition) is 1. The fraction of sp³-hybridized carbons (Fsp3) is 0.500. The molecule has 1 unspecified atom stereocenters. The molecule has 2 aliphatic heterocycles. The molecule has 2 atom stereocenters. The average molecular weight is 294 g/mol. The van der Waals surface area contributed by atoms with Crippen LogP contribution in [0.1, 0.15) is 12.5 Å². The van der Waals surface area contributed by atoms with Crippen LogP contribution in [-0.2, 0) is 21.1 Å². The van der Waals surface area contributed by atoms with Gasteiger partial charge >= 0.3 is 0 Å². The highest BCUT2D eigenvalue weighted by Gasteiger charge is 2.36. The Morgan fingerprint density at radius 2 is 2.10 bits per heavy atom. The summed E-state index contributed by atoms with van der Waals surface area (Å²) in [6, 6.07) is 7.37. The lowest BCUT2D eigenvalue weighted by Gasteiger charge is -2.35. The first-order chi connectivity index (χ1) is 9.46. The van der Waals surface area contributed by atoms with Crippen LogP contribution >= 0.6 is 0 Å². The summed E-state index contributed by atoms with van der Waals surface area (Å²) in [5.74, 6) is 0.143. The van der Waals surface area contributed by atoms with E-state index in [2.05, 4.69) is 5.32 Å². The van der Waals surface area contributed by atoms with Crippen molar-refractivity contribution in [2.45, 2.75) is 25.4 Å². The van der Waals surface area contributed by atoms with E-state index in [4.69, 9.17) is 0 Å². The van der Waals surface area contributed by atoms with Gasteiger partial charge in [0.2, 0.25) is 5.91 Å². The number of amides is 1. The van der Waals surface area contributed by atoms with E-state index in [0.717, 1.165) is 11.3 Å². The lowest BCUT2D eigenvalue weighted by Crippen LogP contribution is -2.53. The van der Waals surface area contributed by atoms with Crippen LogP contribution in [0.2, 0.25) is 0 Å². The van der Waals surface area contributed by atoms with E-state index in [-0.39, 0.29) is 29.5 Å². The fourth-order valence-corrected chi connectivity index (χ4v) is 4.53. The maximum atomic E-state index is 12.6. The van der Waals surface area contributed by atoms with Gasteiger partial charge in [-0.2, -0.15) is 0 Å². The minimum Gasteiger partial charge on any atom is -0.373 e. The highest BCUT2D eigenvalue weighted by Crippen LogP contribution is 2.27. The van der Waals surface area contributed by atoms with E-state index < -0.39 is 9.84 Å². The molecule has 0 aliphatic carbocycles. The predicted molar refractivity (Wildman–Crippen MR) is 77.4 cm³/mol. The molecule has 6 heteroatoms. The number of para-hydroxylation sites is 1. The molecule has 1 aromatic carbocycles. The number of carbonyl (C=O) groups excluding carboxylic acids is 1. The zero-order valence-corrected chi connectivity index (χ0v) is 12.2. The maximum Gasteiger partial charge on any atom is 0.245 e. The van der Waals surface area contributed by atoms with Crippen molar-refractivity contribution in [3.63, 3.8) is 0 Å². The molecule has 1 saturated heterocycles. The third-order valence-electron chi connectivity index (χ3n) is 4.02. The van der Waals surface area contributed by atoms with Gasteiger partial charge in [-0.15, -0.1) is 0 Å². The van der Waals surface area contributed by atoms with Crippen LogP contribution in [-0.4, -0.2) is 49.4 Å². The Kier molecular flexibility index (Phi) is 3.20. The minimum absolute atomic E-state index is 0.00333. The first-order valence-corrected chi connectivity index (χ1v) is 8.64. The second-order valence-corrected chi connectivity index (χ2v) is 7.78. The quantitative estimate of drug-likeness (QED) is 0.826. The first kappa shape index (κ1) is 13.4. The topological polar surface area (TPSA) is 66.5 Å². The number of sulfone groups is 1. The molecule has 1 aromatic rings. The Bertz CT molecular complexity index is 617. The van der Waals surface area contributed by atoms with Crippen molar-refractivity contribution >= 4 is 21.4 Å². The van der Waals surface area contributed by atoms with E-state index in [1.807, 2.05) is 24.3 Å². The van der Waals surface area contributed by atoms with Gasteiger partial charge in [0.05, 0.1) is 11.5 Å². The van der Waals surface area contributed by atoms with E-state index in [9.17, 15) is 13.2 Å². The number of carbonyl (C=O) groups is 1. The Morgan fingerprint density at radius 3 is 2.80 bits per heavy atom. The van der Waals surface area contributed by atoms with Gasteiger partial charge in [0.1, 0.15) is 6.04 Å². The Labute approximate surface area is 118 Å². The molecule has 1 N–H and O–H groups in total. The van der Waals surface area contributed by atoms with Crippen LogP contribution in [0.5, 0.6) is 0 Å². The van der Waals surface area contributed by atoms with Crippen LogP contribution in [0, 0.1) is 0 Å². The van der Waals surface area contributed by atoms with E-state index in [0.29, 0.717) is 13.0 Å². The molecule has 0 saturated carbocycles. The minimum atomic E-state index is -2.99. The molecule has 0 bridgehead atoms. The van der Waals surface area contributed by atoms with E-state index in [1.54, 1.807) is 11.8 Å². The van der Waals surface area contributed by atoms with Crippen LogP contribution in [0.4, 0.5) is 5.69 Å². The lowest BCUT2D eigenvalue weighted by molar-refractivity contribution is -0.133. The number of nitrogens with zero attached hydrogens (tertiary/aromatic N) is 1. The maximum absolute atomic E-state index is 12.6. The van der Waals surface area contributed by atoms with Crippen molar-refractivity contribution in [2.24, 2.45) is 0 Å². The van der Waals surface area contributed by atoms with Crippen molar-refractivity contribution in [3.05, 3.63) is 29.8 Å². The van der Waals surface area contributed by atoms with Gasteiger partial charge in [0.25, 0.3) is 0 Å². The number of rotatable bonds is 1. The van der Waals surface area contributed by atoms with Gasteiger partial charge in [-0.05, 0) is 18.6 Å². The normalized spacial score (nSPS) is 27.8. The van der Waals surface area contributed by atoms with Gasteiger partial charge in [0.15, 0.2) is 9.84 Å². The summed E-state index contributed by atoms with van der Waals surface area (Å²) in [5.41, 5.74) is 2.14. The molecule has 5 nitrogen and oxygen atoms in total. The molecule has 2 aliphatic rings. The second-order valence-electron chi connectivity index (χ2n) is 5.55. The lowest BCUT2D eigenvalue weighted by atomic mass is 10.1. The third kappa shape index (κ3) is 2.40. The highest BCUT2D eigenvalue weighted by atomic mass is 32.2. The van der Waals surface area contributed by atoms with Crippen molar-refractivity contribution < 1.29 is 13.2 Å². The summed E-state index contributed by atoms with van der Waals surface area (Å²) in [6.07, 6.45) is 0.672. The number of nitrogens with one attached hydrogen (secondary N) is 1. The van der Waals surface area contributed by atoms with Crippen LogP contribution in [0.25, 0.3) is 0 Å². The highest BCUT2D eigenvalue weighted by molar-refractivity contribution is 7.91. The molecular formula is C14H18N2O3S. The van der Waals surface area contributed by atoms with Gasteiger partial charge < -0.3 is 10.2 Å². The Morgan fingerprint density at radius 1 is 1.35 bits per heavy atom. The summed E-state index contributed by atoms with van der Waals surface area (Å²) in [5, 5.41) is 3.23. The standard InChI is InChI=1S/C14H18N2O3S/c1-10-9-20(18,19)7-6-16(10)14(17)13-8-11-4-2-3-5-12(11)15-13/h2-5,10,13,15H,6-9H2,1H3/t10?,13-/m0/s1. The van der Waals surface area contributed by atoms with Crippen LogP contribution < -0.4 is 5.32 Å². The summed E-state index contributed by atoms with van der Waals surface area (Å²) in [4.78, 5) is 14.3. The Hall–Kier alpha value is -1.56. The summed E-state index contributed by atoms with van der Waals surface area (Å²) < 4.78 is 23.2. The largest absolute Gasteiger partial charge is 0.373 e. The molecule has 108 valence electrons. The molecule has 1 amide bonds. The van der Waals surface area contributed by atoms with Gasteiger partial charge in [-0.25, -0.2) is 8.42 Å². The molecule has 2 heterocycles. The van der Waals surface area contributed by atoms with Crippen molar-refractivity contribution in [3.8, 4) is 0 Å². The van der Waals surface area contributed by atoms with Gasteiger partial charge in [-0.3, -0.25) is 4.79 Å². The fourth-order valence-electron chi connectivity index (χ4n) is 2.97.